The molecule has 1 fully saturated rings. The first kappa shape index (κ1) is 19.9. The Morgan fingerprint density at radius 3 is 2.68 bits per heavy atom. The Hall–Kier alpha value is -2.87. The summed E-state index contributed by atoms with van der Waals surface area (Å²) < 4.78 is 10.6. The highest BCUT2D eigenvalue weighted by molar-refractivity contribution is 5.90. The second kappa shape index (κ2) is 9.89. The Kier molecular flexibility index (Phi) is 7.02. The number of nitrogens with zero attached hydrogens (tertiary/aromatic N) is 3. The lowest BCUT2D eigenvalue weighted by molar-refractivity contribution is -0.116. The van der Waals surface area contributed by atoms with Gasteiger partial charge in [0.15, 0.2) is 11.5 Å². The summed E-state index contributed by atoms with van der Waals surface area (Å²) in [6.45, 7) is 3.66. The summed E-state index contributed by atoms with van der Waals surface area (Å²) in [5, 5.41) is 6.18. The van der Waals surface area contributed by atoms with Crippen LogP contribution in [0.5, 0.6) is 11.5 Å². The molecule has 1 aromatic carbocycles. The highest BCUT2D eigenvalue weighted by Gasteiger charge is 2.13. The average molecular weight is 385 g/mol. The van der Waals surface area contributed by atoms with Crippen molar-refractivity contribution in [3.8, 4) is 11.5 Å². The zero-order chi connectivity index (χ0) is 19.8. The SMILES string of the molecule is COc1ccc(CCCC(=O)Nc2cc(N3CCNCC3)ncn2)cc1OC. The molecule has 2 heterocycles. The Labute approximate surface area is 165 Å². The number of amides is 1. The molecular formula is C20H27N5O3. The number of hydrogen-bond acceptors (Lipinski definition) is 7. The van der Waals surface area contributed by atoms with Crippen LogP contribution in [0.3, 0.4) is 0 Å². The van der Waals surface area contributed by atoms with Crippen LogP contribution >= 0.6 is 0 Å². The normalized spacial score (nSPS) is 13.9. The van der Waals surface area contributed by atoms with Crippen molar-refractivity contribution in [3.63, 3.8) is 0 Å². The van der Waals surface area contributed by atoms with Gasteiger partial charge in [-0.15, -0.1) is 0 Å². The van der Waals surface area contributed by atoms with Gasteiger partial charge < -0.3 is 25.0 Å². The molecule has 2 N–H and O–H groups in total. The Morgan fingerprint density at radius 2 is 1.93 bits per heavy atom. The van der Waals surface area contributed by atoms with Gasteiger partial charge in [-0.25, -0.2) is 9.97 Å². The van der Waals surface area contributed by atoms with Gasteiger partial charge in [-0.1, -0.05) is 6.07 Å². The van der Waals surface area contributed by atoms with Gasteiger partial charge in [0.05, 0.1) is 14.2 Å². The number of hydrogen-bond donors (Lipinski definition) is 2. The van der Waals surface area contributed by atoms with Crippen molar-refractivity contribution in [1.29, 1.82) is 0 Å². The number of rotatable bonds is 8. The first-order chi connectivity index (χ1) is 13.7. The van der Waals surface area contributed by atoms with E-state index in [9.17, 15) is 4.79 Å². The van der Waals surface area contributed by atoms with E-state index in [-0.39, 0.29) is 5.91 Å². The third-order valence-corrected chi connectivity index (χ3v) is 4.68. The standard InChI is InChI=1S/C20H27N5O3/c1-27-16-7-6-15(12-17(16)28-2)4-3-5-20(26)24-18-13-19(23-14-22-18)25-10-8-21-9-11-25/h6-7,12-14,21H,3-5,8-11H2,1-2H3,(H,22,23,24,26). The zero-order valence-electron chi connectivity index (χ0n) is 16.4. The van der Waals surface area contributed by atoms with Gasteiger partial charge in [0, 0.05) is 38.7 Å². The lowest BCUT2D eigenvalue weighted by atomic mass is 10.1. The Balaban J connectivity index is 1.49. The van der Waals surface area contributed by atoms with E-state index in [1.165, 1.54) is 6.33 Å². The van der Waals surface area contributed by atoms with Gasteiger partial charge in [0.2, 0.25) is 5.91 Å². The highest BCUT2D eigenvalue weighted by atomic mass is 16.5. The summed E-state index contributed by atoms with van der Waals surface area (Å²) in [5.41, 5.74) is 1.11. The van der Waals surface area contributed by atoms with Crippen LogP contribution < -0.4 is 25.0 Å². The minimum absolute atomic E-state index is 0.0505. The molecule has 0 radical (unpaired) electrons. The lowest BCUT2D eigenvalue weighted by Crippen LogP contribution is -2.43. The van der Waals surface area contributed by atoms with Crippen molar-refractivity contribution in [3.05, 3.63) is 36.2 Å². The van der Waals surface area contributed by atoms with Crippen molar-refractivity contribution < 1.29 is 14.3 Å². The molecule has 0 unspecified atom stereocenters. The van der Waals surface area contributed by atoms with E-state index >= 15 is 0 Å². The number of nitrogens with one attached hydrogen (secondary N) is 2. The van der Waals surface area contributed by atoms with Gasteiger partial charge in [-0.3, -0.25) is 4.79 Å². The van der Waals surface area contributed by atoms with Gasteiger partial charge >= 0.3 is 0 Å². The number of aromatic nitrogens is 2. The van der Waals surface area contributed by atoms with Crippen LogP contribution in [0.2, 0.25) is 0 Å². The van der Waals surface area contributed by atoms with E-state index in [0.717, 1.165) is 50.4 Å². The summed E-state index contributed by atoms with van der Waals surface area (Å²) in [5.74, 6) is 2.74. The van der Waals surface area contributed by atoms with Crippen molar-refractivity contribution in [2.24, 2.45) is 0 Å². The van der Waals surface area contributed by atoms with Crippen LogP contribution in [0.1, 0.15) is 18.4 Å². The topological polar surface area (TPSA) is 88.6 Å². The van der Waals surface area contributed by atoms with E-state index in [1.807, 2.05) is 24.3 Å². The quantitative estimate of drug-likeness (QED) is 0.717. The molecule has 2 aromatic rings. The number of carbonyl (C=O) groups excluding carboxylic acids is 1. The third-order valence-electron chi connectivity index (χ3n) is 4.68. The third kappa shape index (κ3) is 5.32. The summed E-state index contributed by atoms with van der Waals surface area (Å²) >= 11 is 0. The van der Waals surface area contributed by atoms with Crippen LogP contribution in [0.15, 0.2) is 30.6 Å². The number of piperazine rings is 1. The van der Waals surface area contributed by atoms with Crippen molar-refractivity contribution in [2.75, 3.05) is 50.6 Å². The number of ether oxygens (including phenoxy) is 2. The molecule has 1 aliphatic heterocycles. The minimum atomic E-state index is -0.0505. The first-order valence-electron chi connectivity index (χ1n) is 9.48. The number of aryl methyl sites for hydroxylation is 1. The molecule has 1 aliphatic rings. The van der Waals surface area contributed by atoms with Gasteiger partial charge in [0.1, 0.15) is 18.0 Å². The van der Waals surface area contributed by atoms with Gasteiger partial charge in [0.25, 0.3) is 0 Å². The number of methoxy groups -OCH3 is 2. The summed E-state index contributed by atoms with van der Waals surface area (Å²) in [6.07, 6.45) is 3.43. The van der Waals surface area contributed by atoms with Crippen LogP contribution in [-0.2, 0) is 11.2 Å². The van der Waals surface area contributed by atoms with E-state index in [1.54, 1.807) is 14.2 Å². The molecule has 28 heavy (non-hydrogen) atoms. The van der Waals surface area contributed by atoms with Crippen LogP contribution in [0.25, 0.3) is 0 Å². The lowest BCUT2D eigenvalue weighted by Gasteiger charge is -2.28. The average Bonchev–Trinajstić information content (AvgIpc) is 2.74. The molecule has 8 nitrogen and oxygen atoms in total. The molecule has 0 spiro atoms. The first-order valence-corrected chi connectivity index (χ1v) is 9.48. The fourth-order valence-corrected chi connectivity index (χ4v) is 3.18. The molecular weight excluding hydrogens is 358 g/mol. The maximum Gasteiger partial charge on any atom is 0.225 e. The Bertz CT molecular complexity index is 793. The minimum Gasteiger partial charge on any atom is -0.493 e. The molecule has 1 aromatic heterocycles. The summed E-state index contributed by atoms with van der Waals surface area (Å²) in [6, 6.07) is 7.65. The number of carbonyl (C=O) groups is 1. The van der Waals surface area contributed by atoms with Gasteiger partial charge in [-0.05, 0) is 30.5 Å². The van der Waals surface area contributed by atoms with E-state index < -0.39 is 0 Å². The van der Waals surface area contributed by atoms with Gasteiger partial charge in [-0.2, -0.15) is 0 Å². The predicted octanol–water partition coefficient (Wildman–Crippen LogP) is 1.86. The molecule has 0 atom stereocenters. The molecule has 1 saturated heterocycles. The van der Waals surface area contributed by atoms with Crippen LogP contribution in [0.4, 0.5) is 11.6 Å². The molecule has 0 bridgehead atoms. The summed E-state index contributed by atoms with van der Waals surface area (Å²) in [4.78, 5) is 22.9. The molecule has 3 rings (SSSR count). The second-order valence-corrected chi connectivity index (χ2v) is 6.59. The van der Waals surface area contributed by atoms with Crippen molar-refractivity contribution in [1.82, 2.24) is 15.3 Å². The molecule has 1 amide bonds. The van der Waals surface area contributed by atoms with Crippen LogP contribution in [0, 0.1) is 0 Å². The monoisotopic (exact) mass is 385 g/mol. The fourth-order valence-electron chi connectivity index (χ4n) is 3.18. The Morgan fingerprint density at radius 1 is 1.14 bits per heavy atom. The zero-order valence-corrected chi connectivity index (χ0v) is 16.4. The summed E-state index contributed by atoms with van der Waals surface area (Å²) in [7, 11) is 3.23. The van der Waals surface area contributed by atoms with E-state index in [0.29, 0.717) is 23.7 Å². The molecule has 150 valence electrons. The smallest absolute Gasteiger partial charge is 0.225 e. The van der Waals surface area contributed by atoms with E-state index in [2.05, 4.69) is 25.5 Å². The molecule has 0 aliphatic carbocycles. The highest BCUT2D eigenvalue weighted by Crippen LogP contribution is 2.28. The predicted molar refractivity (Wildman–Crippen MR) is 108 cm³/mol. The van der Waals surface area contributed by atoms with E-state index in [4.69, 9.17) is 9.47 Å². The molecule has 0 saturated carbocycles. The van der Waals surface area contributed by atoms with Crippen LogP contribution in [-0.4, -0.2) is 56.3 Å². The molecule has 8 heteroatoms. The largest absolute Gasteiger partial charge is 0.493 e. The fraction of sp³-hybridized carbons (Fsp3) is 0.450. The second-order valence-electron chi connectivity index (χ2n) is 6.59. The number of benzene rings is 1. The van der Waals surface area contributed by atoms with Crippen molar-refractivity contribution in [2.45, 2.75) is 19.3 Å². The maximum absolute atomic E-state index is 12.3. The van der Waals surface area contributed by atoms with Crippen molar-refractivity contribution >= 4 is 17.5 Å². The number of anilines is 2. The maximum atomic E-state index is 12.3.